The highest BCUT2D eigenvalue weighted by Crippen LogP contribution is 2.27. The lowest BCUT2D eigenvalue weighted by molar-refractivity contribution is -0.116. The Kier molecular flexibility index (Phi) is 3.21. The molecule has 1 aromatic carbocycles. The molecule has 6 heteroatoms. The zero-order valence-corrected chi connectivity index (χ0v) is 11.9. The van der Waals surface area contributed by atoms with Crippen molar-refractivity contribution < 1.29 is 9.59 Å². The maximum absolute atomic E-state index is 12.1. The molecule has 2 aromatic rings. The minimum absolute atomic E-state index is 0.128. The van der Waals surface area contributed by atoms with Crippen LogP contribution < -0.4 is 10.6 Å². The number of aryl methyl sites for hydroxylation is 2. The number of carbonyl (C=O) groups is 2. The molecule has 3 rings (SSSR count). The van der Waals surface area contributed by atoms with Crippen LogP contribution in [0.5, 0.6) is 0 Å². The fraction of sp³-hybridized carbons (Fsp3) is 0.267. The second kappa shape index (κ2) is 5.05. The third-order valence-corrected chi connectivity index (χ3v) is 3.66. The predicted octanol–water partition coefficient (Wildman–Crippen LogP) is 1.54. The molecular formula is C15H16N4O2. The molecule has 0 saturated carbocycles. The number of amides is 2. The first-order valence-corrected chi connectivity index (χ1v) is 6.75. The van der Waals surface area contributed by atoms with E-state index in [1.54, 1.807) is 16.8 Å². The Labute approximate surface area is 122 Å². The highest BCUT2D eigenvalue weighted by molar-refractivity contribution is 6.00. The van der Waals surface area contributed by atoms with Crippen LogP contribution in [0.4, 0.5) is 5.82 Å². The fourth-order valence-corrected chi connectivity index (χ4v) is 2.48. The van der Waals surface area contributed by atoms with Gasteiger partial charge in [0.1, 0.15) is 0 Å². The summed E-state index contributed by atoms with van der Waals surface area (Å²) in [4.78, 5) is 23.9. The summed E-state index contributed by atoms with van der Waals surface area (Å²) in [6.07, 6.45) is 0.193. The molecule has 21 heavy (non-hydrogen) atoms. The molecule has 0 bridgehead atoms. The first-order chi connectivity index (χ1) is 10.0. The molecule has 1 aliphatic rings. The molecule has 6 nitrogen and oxygen atoms in total. The Morgan fingerprint density at radius 3 is 2.90 bits per heavy atom. The standard InChI is InChI=1S/C15H16N4O2/c1-9-7-13(18-19(9)2)17-14(20)8-12-10-5-3-4-6-11(10)15(21)16-12/h3-7,12H,8H2,1-2H3,(H,16,21)(H,17,18,20)/t12-/m0/s1. The van der Waals surface area contributed by atoms with E-state index in [0.717, 1.165) is 11.3 Å². The Morgan fingerprint density at radius 2 is 2.19 bits per heavy atom. The molecule has 0 radical (unpaired) electrons. The zero-order valence-electron chi connectivity index (χ0n) is 11.9. The van der Waals surface area contributed by atoms with Crippen molar-refractivity contribution in [2.45, 2.75) is 19.4 Å². The minimum Gasteiger partial charge on any atom is -0.345 e. The van der Waals surface area contributed by atoms with E-state index < -0.39 is 0 Å². The van der Waals surface area contributed by atoms with Gasteiger partial charge < -0.3 is 10.6 Å². The summed E-state index contributed by atoms with van der Waals surface area (Å²) < 4.78 is 1.70. The summed E-state index contributed by atoms with van der Waals surface area (Å²) in [7, 11) is 1.82. The van der Waals surface area contributed by atoms with Gasteiger partial charge in [0.15, 0.2) is 5.82 Å². The summed E-state index contributed by atoms with van der Waals surface area (Å²) in [6.45, 7) is 1.91. The molecule has 108 valence electrons. The first-order valence-electron chi connectivity index (χ1n) is 6.75. The van der Waals surface area contributed by atoms with Gasteiger partial charge in [-0.3, -0.25) is 14.3 Å². The normalized spacial score (nSPS) is 16.5. The molecule has 0 saturated heterocycles. The fourth-order valence-electron chi connectivity index (χ4n) is 2.48. The van der Waals surface area contributed by atoms with E-state index in [4.69, 9.17) is 0 Å². The highest BCUT2D eigenvalue weighted by Gasteiger charge is 2.29. The Morgan fingerprint density at radius 1 is 1.43 bits per heavy atom. The first kappa shape index (κ1) is 13.4. The predicted molar refractivity (Wildman–Crippen MR) is 77.8 cm³/mol. The van der Waals surface area contributed by atoms with E-state index in [1.807, 2.05) is 32.2 Å². The number of hydrogen-bond acceptors (Lipinski definition) is 3. The van der Waals surface area contributed by atoms with Gasteiger partial charge in [-0.25, -0.2) is 0 Å². The zero-order chi connectivity index (χ0) is 15.0. The number of hydrogen-bond donors (Lipinski definition) is 2. The van der Waals surface area contributed by atoms with Crippen molar-refractivity contribution in [1.29, 1.82) is 0 Å². The third kappa shape index (κ3) is 2.52. The maximum Gasteiger partial charge on any atom is 0.252 e. The number of benzene rings is 1. The van der Waals surface area contributed by atoms with Crippen molar-refractivity contribution in [1.82, 2.24) is 15.1 Å². The molecule has 2 amide bonds. The van der Waals surface area contributed by atoms with Gasteiger partial charge in [-0.05, 0) is 18.6 Å². The van der Waals surface area contributed by atoms with E-state index in [-0.39, 0.29) is 24.3 Å². The number of rotatable bonds is 3. The molecule has 1 aliphatic heterocycles. The maximum atomic E-state index is 12.1. The Bertz CT molecular complexity index is 701. The van der Waals surface area contributed by atoms with E-state index in [9.17, 15) is 9.59 Å². The summed E-state index contributed by atoms with van der Waals surface area (Å²) in [5.74, 6) is 0.227. The van der Waals surface area contributed by atoms with Crippen molar-refractivity contribution >= 4 is 17.6 Å². The van der Waals surface area contributed by atoms with Gasteiger partial charge in [-0.15, -0.1) is 0 Å². The van der Waals surface area contributed by atoms with Crippen molar-refractivity contribution in [3.05, 3.63) is 47.2 Å². The quantitative estimate of drug-likeness (QED) is 0.897. The molecule has 0 unspecified atom stereocenters. The number of fused-ring (bicyclic) bond motifs is 1. The number of aromatic nitrogens is 2. The molecule has 2 N–H and O–H groups in total. The van der Waals surface area contributed by atoms with Crippen LogP contribution in [0.1, 0.15) is 34.1 Å². The van der Waals surface area contributed by atoms with Crippen LogP contribution in [0.2, 0.25) is 0 Å². The second-order valence-corrected chi connectivity index (χ2v) is 5.16. The summed E-state index contributed by atoms with van der Waals surface area (Å²) in [6, 6.07) is 8.85. The lowest BCUT2D eigenvalue weighted by atomic mass is 10.0. The van der Waals surface area contributed by atoms with E-state index in [1.165, 1.54) is 0 Å². The van der Waals surface area contributed by atoms with Crippen molar-refractivity contribution in [2.24, 2.45) is 7.05 Å². The van der Waals surface area contributed by atoms with Crippen molar-refractivity contribution in [2.75, 3.05) is 5.32 Å². The van der Waals surface area contributed by atoms with Crippen LogP contribution in [0.25, 0.3) is 0 Å². The third-order valence-electron chi connectivity index (χ3n) is 3.66. The lowest BCUT2D eigenvalue weighted by Crippen LogP contribution is -2.24. The highest BCUT2D eigenvalue weighted by atomic mass is 16.2. The molecule has 0 spiro atoms. The molecule has 0 fully saturated rings. The van der Waals surface area contributed by atoms with E-state index in [0.29, 0.717) is 11.4 Å². The second-order valence-electron chi connectivity index (χ2n) is 5.16. The Hall–Kier alpha value is -2.63. The molecule has 0 aliphatic carbocycles. The van der Waals surface area contributed by atoms with Gasteiger partial charge in [-0.1, -0.05) is 18.2 Å². The average molecular weight is 284 g/mol. The van der Waals surface area contributed by atoms with Crippen molar-refractivity contribution in [3.63, 3.8) is 0 Å². The number of nitrogens with one attached hydrogen (secondary N) is 2. The largest absolute Gasteiger partial charge is 0.345 e. The van der Waals surface area contributed by atoms with Crippen LogP contribution >= 0.6 is 0 Å². The molecule has 2 heterocycles. The molecular weight excluding hydrogens is 268 g/mol. The summed E-state index contributed by atoms with van der Waals surface area (Å²) in [5, 5.41) is 9.76. The molecule has 1 atom stereocenters. The van der Waals surface area contributed by atoms with Gasteiger partial charge in [0.05, 0.1) is 12.5 Å². The smallest absolute Gasteiger partial charge is 0.252 e. The SMILES string of the molecule is Cc1cc(NC(=O)C[C@@H]2NC(=O)c3ccccc32)nn1C. The van der Waals surface area contributed by atoms with Gasteiger partial charge in [0.25, 0.3) is 5.91 Å². The minimum atomic E-state index is -0.279. The number of anilines is 1. The Balaban J connectivity index is 1.70. The van der Waals surface area contributed by atoms with Crippen LogP contribution in [-0.2, 0) is 11.8 Å². The van der Waals surface area contributed by atoms with E-state index in [2.05, 4.69) is 15.7 Å². The molecule has 1 aromatic heterocycles. The summed E-state index contributed by atoms with van der Waals surface area (Å²) in [5.41, 5.74) is 2.48. The topological polar surface area (TPSA) is 76.0 Å². The van der Waals surface area contributed by atoms with Crippen molar-refractivity contribution in [3.8, 4) is 0 Å². The van der Waals surface area contributed by atoms with Gasteiger partial charge >= 0.3 is 0 Å². The van der Waals surface area contributed by atoms with Crippen LogP contribution in [0.3, 0.4) is 0 Å². The lowest BCUT2D eigenvalue weighted by Gasteiger charge is -2.10. The summed E-state index contributed by atoms with van der Waals surface area (Å²) >= 11 is 0. The van der Waals surface area contributed by atoms with Crippen LogP contribution in [0.15, 0.2) is 30.3 Å². The van der Waals surface area contributed by atoms with Gasteiger partial charge in [-0.2, -0.15) is 5.10 Å². The van der Waals surface area contributed by atoms with Crippen LogP contribution in [0, 0.1) is 6.92 Å². The van der Waals surface area contributed by atoms with Gasteiger partial charge in [0.2, 0.25) is 5.91 Å². The average Bonchev–Trinajstić information content (AvgIpc) is 2.91. The monoisotopic (exact) mass is 284 g/mol. The number of nitrogens with zero attached hydrogens (tertiary/aromatic N) is 2. The number of carbonyl (C=O) groups excluding carboxylic acids is 2. The van der Waals surface area contributed by atoms with E-state index >= 15 is 0 Å². The van der Waals surface area contributed by atoms with Crippen LogP contribution in [-0.4, -0.2) is 21.6 Å². The van der Waals surface area contributed by atoms with Gasteiger partial charge in [0, 0.05) is 24.4 Å².